The van der Waals surface area contributed by atoms with Gasteiger partial charge in [0.15, 0.2) is 5.82 Å². The summed E-state index contributed by atoms with van der Waals surface area (Å²) in [4.78, 5) is 25.3. The number of nitrogens with zero attached hydrogens (tertiary/aromatic N) is 4. The molecule has 1 aliphatic rings. The Morgan fingerprint density at radius 2 is 2.03 bits per heavy atom. The van der Waals surface area contributed by atoms with Gasteiger partial charge < -0.3 is 20.3 Å². The molecule has 0 aliphatic carbocycles. The maximum atomic E-state index is 11.8. The summed E-state index contributed by atoms with van der Waals surface area (Å²) >= 11 is 0. The van der Waals surface area contributed by atoms with E-state index in [1.807, 2.05) is 19.1 Å². The molecule has 10 heteroatoms. The highest BCUT2D eigenvalue weighted by atomic mass is 16.5. The topological polar surface area (TPSA) is 150 Å². The first-order valence-corrected chi connectivity index (χ1v) is 9.36. The molecule has 0 saturated carbocycles. The molecule has 0 aromatic carbocycles. The van der Waals surface area contributed by atoms with Crippen LogP contribution in [0.15, 0.2) is 18.5 Å². The first kappa shape index (κ1) is 24.0. The summed E-state index contributed by atoms with van der Waals surface area (Å²) in [5, 5.41) is 30.5. The predicted molar refractivity (Wildman–Crippen MR) is 105 cm³/mol. The molecule has 1 amide bonds. The molecule has 2 aromatic rings. The van der Waals surface area contributed by atoms with E-state index in [9.17, 15) is 14.7 Å². The second kappa shape index (κ2) is 12.4. The molecule has 158 valence electrons. The number of fused-ring (bicyclic) bond motifs is 1. The fourth-order valence-corrected chi connectivity index (χ4v) is 2.77. The minimum absolute atomic E-state index is 0.0348. The van der Waals surface area contributed by atoms with Crippen molar-refractivity contribution in [3.63, 3.8) is 0 Å². The molecule has 3 N–H and O–H groups in total. The van der Waals surface area contributed by atoms with Crippen molar-refractivity contribution in [1.29, 1.82) is 5.26 Å². The number of ether oxygens (including phenoxy) is 1. The van der Waals surface area contributed by atoms with Gasteiger partial charge in [0.25, 0.3) is 0 Å². The number of aliphatic hydroxyl groups is 1. The number of anilines is 1. The van der Waals surface area contributed by atoms with Gasteiger partial charge >= 0.3 is 5.97 Å². The Hall–Kier alpha value is -3.03. The van der Waals surface area contributed by atoms with Gasteiger partial charge in [0.2, 0.25) is 5.91 Å². The van der Waals surface area contributed by atoms with Gasteiger partial charge in [0, 0.05) is 19.4 Å². The van der Waals surface area contributed by atoms with Gasteiger partial charge in [-0.2, -0.15) is 5.10 Å². The Balaban J connectivity index is 0.000000527. The van der Waals surface area contributed by atoms with Gasteiger partial charge in [0.05, 0.1) is 18.4 Å². The molecule has 2 atom stereocenters. The Morgan fingerprint density at radius 1 is 1.34 bits per heavy atom. The van der Waals surface area contributed by atoms with E-state index in [0.29, 0.717) is 12.2 Å². The van der Waals surface area contributed by atoms with Crippen molar-refractivity contribution in [3.05, 3.63) is 24.2 Å². The van der Waals surface area contributed by atoms with Crippen molar-refractivity contribution in [2.24, 2.45) is 0 Å². The number of aliphatic hydroxyl groups excluding tert-OH is 1. The van der Waals surface area contributed by atoms with Crippen LogP contribution in [0.25, 0.3) is 5.52 Å². The van der Waals surface area contributed by atoms with Crippen LogP contribution in [0.2, 0.25) is 0 Å². The summed E-state index contributed by atoms with van der Waals surface area (Å²) in [5.74, 6) is -0.287. The van der Waals surface area contributed by atoms with E-state index in [-0.39, 0.29) is 31.1 Å². The second-order valence-electron chi connectivity index (χ2n) is 6.22. The molecule has 2 aromatic heterocycles. The molecule has 10 nitrogen and oxygen atoms in total. The zero-order valence-corrected chi connectivity index (χ0v) is 16.6. The molecule has 1 aliphatic heterocycles. The Morgan fingerprint density at radius 3 is 2.59 bits per heavy atom. The summed E-state index contributed by atoms with van der Waals surface area (Å²) in [6, 6.07) is 3.82. The van der Waals surface area contributed by atoms with Crippen LogP contribution in [0.5, 0.6) is 0 Å². The standard InChI is InChI=1S/C15H20N4O3.C3H6O2.CHN/c1-2-3-14(21)18-15-12-6-5-11(19(12)17-9-16-15)13-7-4-10(8-20)22-13;1-2-3(4)5;1-2/h5-6,9-10,13,20H,2-4,7-8H2,1H3,(H,16,17,18,21);2H2,1H3,(H,4,5);1H. The Bertz CT molecular complexity index is 820. The summed E-state index contributed by atoms with van der Waals surface area (Å²) in [5.41, 5.74) is 1.66. The van der Waals surface area contributed by atoms with Crippen molar-refractivity contribution in [1.82, 2.24) is 14.6 Å². The van der Waals surface area contributed by atoms with E-state index in [4.69, 9.17) is 15.1 Å². The van der Waals surface area contributed by atoms with Gasteiger partial charge in [-0.25, -0.2) is 14.8 Å². The summed E-state index contributed by atoms with van der Waals surface area (Å²) in [6.07, 6.45) is 4.38. The average molecular weight is 405 g/mol. The van der Waals surface area contributed by atoms with Gasteiger partial charge in [-0.15, -0.1) is 0 Å². The Kier molecular flexibility index (Phi) is 10.3. The number of aliphatic carboxylic acids is 1. The van der Waals surface area contributed by atoms with Gasteiger partial charge in [-0.05, 0) is 31.4 Å². The predicted octanol–water partition coefficient (Wildman–Crippen LogP) is 2.30. The highest BCUT2D eigenvalue weighted by Gasteiger charge is 2.28. The normalized spacial score (nSPS) is 17.6. The first-order chi connectivity index (χ1) is 14.0. The molecule has 0 radical (unpaired) electrons. The van der Waals surface area contributed by atoms with Crippen LogP contribution in [0.4, 0.5) is 5.82 Å². The van der Waals surface area contributed by atoms with Crippen molar-refractivity contribution in [2.75, 3.05) is 11.9 Å². The highest BCUT2D eigenvalue weighted by molar-refractivity contribution is 5.93. The molecule has 0 spiro atoms. The van der Waals surface area contributed by atoms with Crippen molar-refractivity contribution >= 4 is 23.2 Å². The lowest BCUT2D eigenvalue weighted by molar-refractivity contribution is -0.136. The summed E-state index contributed by atoms with van der Waals surface area (Å²) < 4.78 is 7.55. The molecule has 29 heavy (non-hydrogen) atoms. The zero-order chi connectivity index (χ0) is 21.8. The second-order valence-corrected chi connectivity index (χ2v) is 6.22. The fourth-order valence-electron chi connectivity index (χ4n) is 2.77. The van der Waals surface area contributed by atoms with Gasteiger partial charge in [-0.3, -0.25) is 9.59 Å². The van der Waals surface area contributed by atoms with Crippen LogP contribution < -0.4 is 5.32 Å². The molecular formula is C19H27N5O5. The van der Waals surface area contributed by atoms with Crippen molar-refractivity contribution < 1.29 is 24.5 Å². The molecule has 1 saturated heterocycles. The molecular weight excluding hydrogens is 378 g/mol. The largest absolute Gasteiger partial charge is 0.481 e. The molecule has 0 bridgehead atoms. The number of rotatable bonds is 6. The average Bonchev–Trinajstić information content (AvgIpc) is 3.37. The number of carboxylic acid groups (broad SMARTS) is 1. The number of carbonyl (C=O) groups is 2. The third kappa shape index (κ3) is 6.81. The number of nitriles is 1. The number of hydrogen-bond acceptors (Lipinski definition) is 7. The quantitative estimate of drug-likeness (QED) is 0.662. The number of hydrogen-bond donors (Lipinski definition) is 3. The maximum Gasteiger partial charge on any atom is 0.303 e. The van der Waals surface area contributed by atoms with Crippen molar-refractivity contribution in [3.8, 4) is 6.57 Å². The lowest BCUT2D eigenvalue weighted by atomic mass is 10.1. The minimum Gasteiger partial charge on any atom is -0.481 e. The SMILES string of the molecule is C#N.CCC(=O)O.CCCC(=O)Nc1ncnn2c(C3CCC(CO)O3)ccc12. The number of aromatic nitrogens is 3. The minimum atomic E-state index is -0.745. The number of amides is 1. The monoisotopic (exact) mass is 405 g/mol. The number of carbonyl (C=O) groups excluding carboxylic acids is 1. The van der Waals surface area contributed by atoms with E-state index in [2.05, 4.69) is 22.0 Å². The van der Waals surface area contributed by atoms with Crippen LogP contribution in [0, 0.1) is 11.8 Å². The molecule has 1 fully saturated rings. The lowest BCUT2D eigenvalue weighted by Gasteiger charge is -2.12. The smallest absolute Gasteiger partial charge is 0.303 e. The van der Waals surface area contributed by atoms with Crippen LogP contribution in [0.3, 0.4) is 0 Å². The van der Waals surface area contributed by atoms with Crippen LogP contribution in [0.1, 0.15) is 57.7 Å². The number of carboxylic acids is 1. The zero-order valence-electron chi connectivity index (χ0n) is 16.6. The lowest BCUT2D eigenvalue weighted by Crippen LogP contribution is -2.14. The Labute approximate surface area is 169 Å². The van der Waals surface area contributed by atoms with E-state index in [1.165, 1.54) is 6.33 Å². The van der Waals surface area contributed by atoms with E-state index < -0.39 is 5.97 Å². The van der Waals surface area contributed by atoms with Crippen molar-refractivity contribution in [2.45, 2.75) is 58.2 Å². The highest BCUT2D eigenvalue weighted by Crippen LogP contribution is 2.33. The molecule has 3 heterocycles. The summed E-state index contributed by atoms with van der Waals surface area (Å²) in [7, 11) is 0. The third-order valence-corrected chi connectivity index (χ3v) is 4.16. The first-order valence-electron chi connectivity index (χ1n) is 9.36. The van der Waals surface area contributed by atoms with Crippen LogP contribution >= 0.6 is 0 Å². The number of nitrogens with one attached hydrogen (secondary N) is 1. The fraction of sp³-hybridized carbons (Fsp3) is 0.526. The summed E-state index contributed by atoms with van der Waals surface area (Å²) in [6.45, 7) is 7.09. The van der Waals surface area contributed by atoms with Gasteiger partial charge in [-0.1, -0.05) is 13.8 Å². The van der Waals surface area contributed by atoms with E-state index in [0.717, 1.165) is 30.5 Å². The molecule has 3 rings (SSSR count). The van der Waals surface area contributed by atoms with Gasteiger partial charge in [0.1, 0.15) is 17.9 Å². The third-order valence-electron chi connectivity index (χ3n) is 4.16. The van der Waals surface area contributed by atoms with Crippen LogP contribution in [-0.4, -0.2) is 49.4 Å². The molecule has 2 unspecified atom stereocenters. The van der Waals surface area contributed by atoms with E-state index >= 15 is 0 Å². The van der Waals surface area contributed by atoms with Crippen LogP contribution in [-0.2, 0) is 14.3 Å². The van der Waals surface area contributed by atoms with E-state index in [1.54, 1.807) is 11.4 Å². The maximum absolute atomic E-state index is 11.8.